The Morgan fingerprint density at radius 3 is 2.61 bits per heavy atom. The highest BCUT2D eigenvalue weighted by Gasteiger charge is 2.37. The van der Waals surface area contributed by atoms with Gasteiger partial charge in [-0.1, -0.05) is 54.1 Å². The van der Waals surface area contributed by atoms with Crippen molar-refractivity contribution in [2.45, 2.75) is 18.9 Å². The average molecular weight is 330 g/mol. The van der Waals surface area contributed by atoms with Crippen molar-refractivity contribution in [3.8, 4) is 0 Å². The molecule has 1 aliphatic heterocycles. The van der Waals surface area contributed by atoms with Gasteiger partial charge in [0.05, 0.1) is 12.5 Å². The van der Waals surface area contributed by atoms with E-state index in [1.807, 2.05) is 36.4 Å². The van der Waals surface area contributed by atoms with E-state index in [1.165, 1.54) is 4.90 Å². The summed E-state index contributed by atoms with van der Waals surface area (Å²) in [5, 5.41) is 0.570. The summed E-state index contributed by atoms with van der Waals surface area (Å²) in [5.41, 5.74) is 1.84. The third-order valence-corrected chi connectivity index (χ3v) is 4.02. The van der Waals surface area contributed by atoms with Crippen LogP contribution in [0.2, 0.25) is 5.02 Å². The molecule has 0 aromatic heterocycles. The van der Waals surface area contributed by atoms with Crippen LogP contribution in [-0.4, -0.2) is 29.5 Å². The van der Waals surface area contributed by atoms with Gasteiger partial charge < -0.3 is 4.74 Å². The number of imide groups is 1. The summed E-state index contributed by atoms with van der Waals surface area (Å²) in [5.74, 6) is -0.268. The van der Waals surface area contributed by atoms with E-state index < -0.39 is 6.09 Å². The fourth-order valence-electron chi connectivity index (χ4n) is 2.71. The number of rotatable bonds is 4. The third-order valence-electron chi connectivity index (χ3n) is 3.79. The van der Waals surface area contributed by atoms with Crippen LogP contribution in [0.15, 0.2) is 54.6 Å². The SMILES string of the molecule is O=C(Cc1cccc(Cl)c1)N1C(=O)OCC1Cc1ccccc1. The van der Waals surface area contributed by atoms with Gasteiger partial charge in [-0.15, -0.1) is 0 Å². The molecule has 0 N–H and O–H groups in total. The minimum atomic E-state index is -0.571. The van der Waals surface area contributed by atoms with Crippen LogP contribution in [0.5, 0.6) is 0 Å². The van der Waals surface area contributed by atoms with E-state index in [1.54, 1.807) is 18.2 Å². The van der Waals surface area contributed by atoms with Crippen LogP contribution in [0.3, 0.4) is 0 Å². The minimum Gasteiger partial charge on any atom is -0.447 e. The zero-order valence-electron chi connectivity index (χ0n) is 12.4. The molecule has 3 rings (SSSR count). The molecule has 0 aliphatic carbocycles. The highest BCUT2D eigenvalue weighted by Crippen LogP contribution is 2.19. The van der Waals surface area contributed by atoms with Gasteiger partial charge in [0.25, 0.3) is 0 Å². The quantitative estimate of drug-likeness (QED) is 0.862. The van der Waals surface area contributed by atoms with Gasteiger partial charge in [-0.25, -0.2) is 9.69 Å². The fourth-order valence-corrected chi connectivity index (χ4v) is 2.92. The van der Waals surface area contributed by atoms with Crippen molar-refractivity contribution >= 4 is 23.6 Å². The number of amides is 2. The minimum absolute atomic E-state index is 0.126. The van der Waals surface area contributed by atoms with E-state index >= 15 is 0 Å². The molecular formula is C18H16ClNO3. The maximum absolute atomic E-state index is 12.5. The summed E-state index contributed by atoms with van der Waals surface area (Å²) in [6, 6.07) is 16.6. The maximum Gasteiger partial charge on any atom is 0.416 e. The number of carbonyl (C=O) groups excluding carboxylic acids is 2. The second-order valence-corrected chi connectivity index (χ2v) is 5.93. The largest absolute Gasteiger partial charge is 0.447 e. The third kappa shape index (κ3) is 3.71. The van der Waals surface area contributed by atoms with E-state index in [4.69, 9.17) is 16.3 Å². The lowest BCUT2D eigenvalue weighted by molar-refractivity contribution is -0.128. The molecule has 118 valence electrons. The molecule has 1 heterocycles. The summed E-state index contributed by atoms with van der Waals surface area (Å²) >= 11 is 5.94. The molecule has 2 amide bonds. The Balaban J connectivity index is 1.73. The van der Waals surface area contributed by atoms with Crippen molar-refractivity contribution in [1.82, 2.24) is 4.90 Å². The molecule has 1 unspecified atom stereocenters. The number of ether oxygens (including phenoxy) is 1. The standard InChI is InChI=1S/C18H16ClNO3/c19-15-8-4-7-14(9-15)11-17(21)20-16(12-23-18(20)22)10-13-5-2-1-3-6-13/h1-9,16H,10-12H2. The van der Waals surface area contributed by atoms with Crippen LogP contribution < -0.4 is 0 Å². The van der Waals surface area contributed by atoms with Gasteiger partial charge in [0.15, 0.2) is 0 Å². The van der Waals surface area contributed by atoms with E-state index in [0.29, 0.717) is 11.4 Å². The lowest BCUT2D eigenvalue weighted by atomic mass is 10.0. The van der Waals surface area contributed by atoms with Crippen molar-refractivity contribution in [1.29, 1.82) is 0 Å². The molecule has 5 heteroatoms. The van der Waals surface area contributed by atoms with Crippen molar-refractivity contribution in [2.75, 3.05) is 6.61 Å². The van der Waals surface area contributed by atoms with Gasteiger partial charge in [0.1, 0.15) is 6.61 Å². The Kier molecular flexibility index (Phi) is 4.63. The Bertz CT molecular complexity index is 717. The first-order chi connectivity index (χ1) is 11.1. The first-order valence-corrected chi connectivity index (χ1v) is 7.78. The molecule has 1 atom stereocenters. The monoisotopic (exact) mass is 329 g/mol. The number of hydrogen-bond acceptors (Lipinski definition) is 3. The molecule has 2 aromatic carbocycles. The Morgan fingerprint density at radius 2 is 1.87 bits per heavy atom. The lowest BCUT2D eigenvalue weighted by Gasteiger charge is -2.19. The zero-order valence-corrected chi connectivity index (χ0v) is 13.2. The lowest BCUT2D eigenvalue weighted by Crippen LogP contribution is -2.41. The van der Waals surface area contributed by atoms with Crippen LogP contribution in [0, 0.1) is 0 Å². The molecule has 0 radical (unpaired) electrons. The normalized spacial score (nSPS) is 17.2. The van der Waals surface area contributed by atoms with Gasteiger partial charge in [0.2, 0.25) is 5.91 Å². The first-order valence-electron chi connectivity index (χ1n) is 7.40. The summed E-state index contributed by atoms with van der Waals surface area (Å²) in [6.07, 6.45) is 0.146. The van der Waals surface area contributed by atoms with Crippen LogP contribution in [0.25, 0.3) is 0 Å². The Hall–Kier alpha value is -2.33. The van der Waals surface area contributed by atoms with Crippen LogP contribution in [-0.2, 0) is 22.4 Å². The molecule has 23 heavy (non-hydrogen) atoms. The molecule has 2 aromatic rings. The first kappa shape index (κ1) is 15.6. The Labute approximate surface area is 139 Å². The topological polar surface area (TPSA) is 46.6 Å². The molecule has 0 saturated carbocycles. The van der Waals surface area contributed by atoms with Crippen molar-refractivity contribution in [2.24, 2.45) is 0 Å². The predicted molar refractivity (Wildman–Crippen MR) is 87.3 cm³/mol. The van der Waals surface area contributed by atoms with E-state index in [2.05, 4.69) is 0 Å². The molecule has 4 nitrogen and oxygen atoms in total. The second kappa shape index (κ2) is 6.84. The van der Waals surface area contributed by atoms with Crippen LogP contribution >= 0.6 is 11.6 Å². The molecule has 1 saturated heterocycles. The van der Waals surface area contributed by atoms with Crippen molar-refractivity contribution < 1.29 is 14.3 Å². The van der Waals surface area contributed by atoms with Gasteiger partial charge in [-0.2, -0.15) is 0 Å². The average Bonchev–Trinajstić information content (AvgIpc) is 2.89. The summed E-state index contributed by atoms with van der Waals surface area (Å²) in [6.45, 7) is 0.231. The summed E-state index contributed by atoms with van der Waals surface area (Å²) in [7, 11) is 0. The Morgan fingerprint density at radius 1 is 1.13 bits per heavy atom. The molecule has 0 bridgehead atoms. The van der Waals surface area contributed by atoms with Crippen molar-refractivity contribution in [3.63, 3.8) is 0 Å². The number of benzene rings is 2. The van der Waals surface area contributed by atoms with Gasteiger partial charge in [-0.3, -0.25) is 4.79 Å². The molecule has 0 spiro atoms. The summed E-state index contributed by atoms with van der Waals surface area (Å²) in [4.78, 5) is 25.7. The van der Waals surface area contributed by atoms with Crippen LogP contribution in [0.1, 0.15) is 11.1 Å². The van der Waals surface area contributed by atoms with Crippen molar-refractivity contribution in [3.05, 3.63) is 70.7 Å². The molecule has 1 aliphatic rings. The number of hydrogen-bond donors (Lipinski definition) is 0. The predicted octanol–water partition coefficient (Wildman–Crippen LogP) is 3.47. The van der Waals surface area contributed by atoms with Gasteiger partial charge in [0, 0.05) is 5.02 Å². The summed E-state index contributed by atoms with van der Waals surface area (Å²) < 4.78 is 5.07. The second-order valence-electron chi connectivity index (χ2n) is 5.49. The van der Waals surface area contributed by atoms with E-state index in [9.17, 15) is 9.59 Å². The number of nitrogens with zero attached hydrogens (tertiary/aromatic N) is 1. The van der Waals surface area contributed by atoms with E-state index in [-0.39, 0.29) is 25.0 Å². The molecular weight excluding hydrogens is 314 g/mol. The van der Waals surface area contributed by atoms with Gasteiger partial charge in [-0.05, 0) is 29.7 Å². The number of halogens is 1. The van der Waals surface area contributed by atoms with Gasteiger partial charge >= 0.3 is 6.09 Å². The van der Waals surface area contributed by atoms with Crippen LogP contribution in [0.4, 0.5) is 4.79 Å². The number of cyclic esters (lactones) is 1. The van der Waals surface area contributed by atoms with E-state index in [0.717, 1.165) is 11.1 Å². The highest BCUT2D eigenvalue weighted by atomic mass is 35.5. The fraction of sp³-hybridized carbons (Fsp3) is 0.222. The smallest absolute Gasteiger partial charge is 0.416 e. The zero-order chi connectivity index (χ0) is 16.2. The number of carbonyl (C=O) groups is 2. The maximum atomic E-state index is 12.5. The molecule has 1 fully saturated rings. The highest BCUT2D eigenvalue weighted by molar-refractivity contribution is 6.30.